The van der Waals surface area contributed by atoms with Crippen LogP contribution in [0.1, 0.15) is 12.8 Å². The Labute approximate surface area is 173 Å². The van der Waals surface area contributed by atoms with Crippen molar-refractivity contribution in [2.45, 2.75) is 18.9 Å². The van der Waals surface area contributed by atoms with Gasteiger partial charge in [-0.15, -0.1) is 0 Å². The maximum Gasteiger partial charge on any atom is 0.247 e. The molecular formula is C23H20FN3O3. The van der Waals surface area contributed by atoms with Gasteiger partial charge in [0.25, 0.3) is 0 Å². The molecule has 1 aliphatic heterocycles. The molecular weight excluding hydrogens is 385 g/mol. The Hall–Kier alpha value is -3.87. The van der Waals surface area contributed by atoms with E-state index in [1.165, 1.54) is 12.1 Å². The second-order valence-corrected chi connectivity index (χ2v) is 6.90. The topological polar surface area (TPSA) is 79.5 Å². The maximum absolute atomic E-state index is 13.0. The van der Waals surface area contributed by atoms with Gasteiger partial charge in [0.05, 0.1) is 11.4 Å². The lowest BCUT2D eigenvalue weighted by Crippen LogP contribution is -2.37. The van der Waals surface area contributed by atoms with Crippen LogP contribution in [0.5, 0.6) is 11.5 Å². The van der Waals surface area contributed by atoms with Crippen molar-refractivity contribution in [1.82, 2.24) is 5.32 Å². The van der Waals surface area contributed by atoms with Gasteiger partial charge in [-0.05, 0) is 67.1 Å². The van der Waals surface area contributed by atoms with E-state index < -0.39 is 6.04 Å². The van der Waals surface area contributed by atoms with E-state index in [0.29, 0.717) is 30.0 Å². The molecule has 6 nitrogen and oxygen atoms in total. The largest absolute Gasteiger partial charge is 0.457 e. The molecule has 7 heteroatoms. The quantitative estimate of drug-likeness (QED) is 0.561. The second kappa shape index (κ2) is 8.65. The van der Waals surface area contributed by atoms with Gasteiger partial charge in [0.1, 0.15) is 23.4 Å². The molecule has 4 rings (SSSR count). The van der Waals surface area contributed by atoms with Crippen LogP contribution in [0.15, 0.2) is 72.8 Å². The van der Waals surface area contributed by atoms with Crippen LogP contribution in [0.4, 0.5) is 21.5 Å². The third-order valence-electron chi connectivity index (χ3n) is 4.68. The molecule has 1 fully saturated rings. The smallest absolute Gasteiger partial charge is 0.247 e. The number of para-hydroxylation sites is 2. The molecule has 1 saturated heterocycles. The fourth-order valence-corrected chi connectivity index (χ4v) is 3.13. The minimum atomic E-state index is -0.506. The van der Waals surface area contributed by atoms with E-state index in [1.807, 2.05) is 30.3 Å². The van der Waals surface area contributed by atoms with Crippen LogP contribution in [-0.4, -0.2) is 17.9 Å². The minimum Gasteiger partial charge on any atom is -0.457 e. The Morgan fingerprint density at radius 2 is 1.57 bits per heavy atom. The maximum atomic E-state index is 13.0. The van der Waals surface area contributed by atoms with Crippen molar-refractivity contribution in [3.63, 3.8) is 0 Å². The van der Waals surface area contributed by atoms with Gasteiger partial charge >= 0.3 is 0 Å². The number of benzene rings is 3. The van der Waals surface area contributed by atoms with Crippen LogP contribution in [0.2, 0.25) is 0 Å². The average Bonchev–Trinajstić information content (AvgIpc) is 3.19. The molecule has 0 aliphatic carbocycles. The van der Waals surface area contributed by atoms with E-state index >= 15 is 0 Å². The third kappa shape index (κ3) is 4.75. The fraction of sp³-hybridized carbons (Fsp3) is 0.130. The molecule has 152 valence electrons. The highest BCUT2D eigenvalue weighted by atomic mass is 19.1. The Bertz CT molecular complexity index is 1050. The molecule has 2 amide bonds. The first-order valence-electron chi connectivity index (χ1n) is 9.56. The Kier molecular flexibility index (Phi) is 5.61. The number of halogens is 1. The molecule has 0 radical (unpaired) electrons. The number of amides is 2. The molecule has 3 aromatic rings. The molecule has 1 heterocycles. The van der Waals surface area contributed by atoms with Crippen LogP contribution >= 0.6 is 0 Å². The first kappa shape index (κ1) is 19.4. The normalized spacial score (nSPS) is 15.4. The highest BCUT2D eigenvalue weighted by molar-refractivity contribution is 6.01. The van der Waals surface area contributed by atoms with E-state index in [2.05, 4.69) is 16.0 Å². The lowest BCUT2D eigenvalue weighted by molar-refractivity contribution is -0.122. The highest BCUT2D eigenvalue weighted by Crippen LogP contribution is 2.28. The van der Waals surface area contributed by atoms with Gasteiger partial charge in [-0.25, -0.2) is 4.39 Å². The van der Waals surface area contributed by atoms with Gasteiger partial charge in [0.2, 0.25) is 11.8 Å². The van der Waals surface area contributed by atoms with E-state index in [4.69, 9.17) is 4.74 Å². The second-order valence-electron chi connectivity index (χ2n) is 6.90. The zero-order chi connectivity index (χ0) is 20.9. The fourth-order valence-electron chi connectivity index (χ4n) is 3.13. The summed E-state index contributed by atoms with van der Waals surface area (Å²) < 4.78 is 18.7. The summed E-state index contributed by atoms with van der Waals surface area (Å²) in [5.41, 5.74) is 2.15. The summed E-state index contributed by atoms with van der Waals surface area (Å²) >= 11 is 0. The van der Waals surface area contributed by atoms with Crippen molar-refractivity contribution < 1.29 is 18.7 Å². The van der Waals surface area contributed by atoms with Crippen LogP contribution in [-0.2, 0) is 9.59 Å². The third-order valence-corrected chi connectivity index (χ3v) is 4.68. The monoisotopic (exact) mass is 405 g/mol. The number of carbonyl (C=O) groups is 2. The van der Waals surface area contributed by atoms with Crippen LogP contribution < -0.4 is 20.7 Å². The summed E-state index contributed by atoms with van der Waals surface area (Å²) in [6.07, 6.45) is 0.861. The molecule has 0 unspecified atom stereocenters. The molecule has 1 aliphatic rings. The van der Waals surface area contributed by atoms with Crippen molar-refractivity contribution in [2.75, 3.05) is 10.6 Å². The SMILES string of the molecule is O=C1CC[C@@H](C(=O)Nc2ccccc2Nc2ccc(Oc3ccc(F)cc3)cc2)N1. The Balaban J connectivity index is 1.42. The summed E-state index contributed by atoms with van der Waals surface area (Å²) in [4.78, 5) is 23.8. The summed E-state index contributed by atoms with van der Waals surface area (Å²) in [5, 5.41) is 8.81. The van der Waals surface area contributed by atoms with Crippen LogP contribution in [0.3, 0.4) is 0 Å². The van der Waals surface area contributed by atoms with E-state index in [-0.39, 0.29) is 17.6 Å². The number of hydrogen-bond donors (Lipinski definition) is 3. The zero-order valence-electron chi connectivity index (χ0n) is 16.0. The molecule has 30 heavy (non-hydrogen) atoms. The van der Waals surface area contributed by atoms with Gasteiger partial charge in [-0.1, -0.05) is 12.1 Å². The molecule has 3 N–H and O–H groups in total. The van der Waals surface area contributed by atoms with Crippen molar-refractivity contribution in [2.24, 2.45) is 0 Å². The van der Waals surface area contributed by atoms with E-state index in [0.717, 1.165) is 11.4 Å². The molecule has 0 spiro atoms. The Morgan fingerprint density at radius 1 is 0.933 bits per heavy atom. The van der Waals surface area contributed by atoms with Gasteiger partial charge in [0, 0.05) is 12.1 Å². The number of nitrogens with one attached hydrogen (secondary N) is 3. The summed E-state index contributed by atoms with van der Waals surface area (Å²) in [7, 11) is 0. The molecule has 0 saturated carbocycles. The average molecular weight is 405 g/mol. The number of anilines is 3. The number of hydrogen-bond acceptors (Lipinski definition) is 4. The minimum absolute atomic E-state index is 0.107. The van der Waals surface area contributed by atoms with Crippen molar-refractivity contribution in [3.8, 4) is 11.5 Å². The van der Waals surface area contributed by atoms with Gasteiger partial charge in [0.15, 0.2) is 0 Å². The van der Waals surface area contributed by atoms with E-state index in [9.17, 15) is 14.0 Å². The Morgan fingerprint density at radius 3 is 2.20 bits per heavy atom. The summed E-state index contributed by atoms with van der Waals surface area (Å²) in [6, 6.07) is 19.9. The highest BCUT2D eigenvalue weighted by Gasteiger charge is 2.27. The summed E-state index contributed by atoms with van der Waals surface area (Å²) in [6.45, 7) is 0. The number of carbonyl (C=O) groups excluding carboxylic acids is 2. The van der Waals surface area contributed by atoms with E-state index in [1.54, 1.807) is 30.3 Å². The van der Waals surface area contributed by atoms with Gasteiger partial charge in [-0.3, -0.25) is 9.59 Å². The first-order chi connectivity index (χ1) is 14.6. The zero-order valence-corrected chi connectivity index (χ0v) is 16.0. The van der Waals surface area contributed by atoms with Crippen molar-refractivity contribution in [3.05, 3.63) is 78.6 Å². The molecule has 3 aromatic carbocycles. The molecule has 0 bridgehead atoms. The number of rotatable bonds is 6. The van der Waals surface area contributed by atoms with Crippen LogP contribution in [0.25, 0.3) is 0 Å². The summed E-state index contributed by atoms with van der Waals surface area (Å²) in [5.74, 6) is 0.500. The van der Waals surface area contributed by atoms with Crippen molar-refractivity contribution >= 4 is 28.9 Å². The van der Waals surface area contributed by atoms with Crippen molar-refractivity contribution in [1.29, 1.82) is 0 Å². The van der Waals surface area contributed by atoms with Gasteiger partial charge < -0.3 is 20.7 Å². The molecule has 0 aromatic heterocycles. The standard InChI is InChI=1S/C23H20FN3O3/c24-15-5-9-17(10-6-15)30-18-11-7-16(8-12-18)25-19-3-1-2-4-20(19)27-23(29)21-13-14-22(28)26-21/h1-12,21,25H,13-14H2,(H,26,28)(H,27,29)/t21-/m0/s1. The predicted octanol–water partition coefficient (Wildman–Crippen LogP) is 4.58. The molecule has 1 atom stereocenters. The predicted molar refractivity (Wildman–Crippen MR) is 112 cm³/mol. The van der Waals surface area contributed by atoms with Gasteiger partial charge in [-0.2, -0.15) is 0 Å². The number of ether oxygens (including phenoxy) is 1. The lowest BCUT2D eigenvalue weighted by Gasteiger charge is -2.16. The van der Waals surface area contributed by atoms with Crippen LogP contribution in [0, 0.1) is 5.82 Å². The lowest BCUT2D eigenvalue weighted by atomic mass is 10.2. The first-order valence-corrected chi connectivity index (χ1v) is 9.56.